The van der Waals surface area contributed by atoms with Crippen LogP contribution in [0.5, 0.6) is 0 Å². The highest BCUT2D eigenvalue weighted by Gasteiger charge is 2.41. The normalized spacial score (nSPS) is 11.7. The average Bonchev–Trinajstić information content (AvgIpc) is 3.18. The Morgan fingerprint density at radius 2 is 1.00 bits per heavy atom. The molecular formula is C44H38N2O3. The predicted octanol–water partition coefficient (Wildman–Crippen LogP) is 8.14. The van der Waals surface area contributed by atoms with Crippen LogP contribution in [0.4, 0.5) is 5.69 Å². The van der Waals surface area contributed by atoms with Crippen molar-refractivity contribution in [1.82, 2.24) is 5.32 Å². The maximum Gasteiger partial charge on any atom is 0.267 e. The minimum Gasteiger partial charge on any atom is -0.375 e. The Morgan fingerprint density at radius 1 is 0.592 bits per heavy atom. The molecule has 1 N–H and O–H groups in total. The Bertz CT molecular complexity index is 1850. The first-order chi connectivity index (χ1) is 24.2. The summed E-state index contributed by atoms with van der Waals surface area (Å²) in [7, 11) is 0. The van der Waals surface area contributed by atoms with Crippen LogP contribution < -0.4 is 10.2 Å². The highest BCUT2D eigenvalue weighted by molar-refractivity contribution is 6.11. The van der Waals surface area contributed by atoms with Crippen molar-refractivity contribution in [1.29, 1.82) is 0 Å². The lowest BCUT2D eigenvalue weighted by Crippen LogP contribution is -2.54. The van der Waals surface area contributed by atoms with Crippen LogP contribution in [0.3, 0.4) is 0 Å². The molecule has 6 aromatic rings. The lowest BCUT2D eigenvalue weighted by atomic mass is 9.76. The summed E-state index contributed by atoms with van der Waals surface area (Å²) in [5.74, 6) is 1.65. The summed E-state index contributed by atoms with van der Waals surface area (Å²) in [6, 6.07) is 58.5. The molecule has 242 valence electrons. The van der Waals surface area contributed by atoms with Crippen molar-refractivity contribution in [3.8, 4) is 0 Å². The van der Waals surface area contributed by atoms with E-state index in [0.717, 1.165) is 27.8 Å². The van der Waals surface area contributed by atoms with Gasteiger partial charge in [0.05, 0.1) is 31.3 Å². The fourth-order valence-electron chi connectivity index (χ4n) is 6.21. The van der Waals surface area contributed by atoms with Gasteiger partial charge < -0.3 is 9.64 Å². The molecule has 0 saturated carbocycles. The van der Waals surface area contributed by atoms with Crippen LogP contribution in [-0.2, 0) is 33.0 Å². The maximum absolute atomic E-state index is 14.8. The topological polar surface area (TPSA) is 58.6 Å². The molecular weight excluding hydrogens is 604 g/mol. The van der Waals surface area contributed by atoms with E-state index >= 15 is 0 Å². The molecule has 5 nitrogen and oxygen atoms in total. The van der Waals surface area contributed by atoms with E-state index in [9.17, 15) is 9.59 Å². The number of carbonyl (C=O) groups excluding carboxylic acids is 2. The molecule has 0 spiro atoms. The summed E-state index contributed by atoms with van der Waals surface area (Å²) in [5.41, 5.74) is 4.41. The van der Waals surface area contributed by atoms with E-state index in [1.807, 2.05) is 146 Å². The number of nitrogens with one attached hydrogen (secondary N) is 1. The Morgan fingerprint density at radius 3 is 1.45 bits per heavy atom. The van der Waals surface area contributed by atoms with Gasteiger partial charge in [0.2, 0.25) is 0 Å². The third kappa shape index (κ3) is 7.83. The van der Waals surface area contributed by atoms with Gasteiger partial charge in [-0.25, -0.2) is 4.79 Å². The molecule has 0 aromatic heterocycles. The summed E-state index contributed by atoms with van der Waals surface area (Å²) < 4.78 is 6.34. The number of para-hydroxylation sites is 1. The first-order valence-electron chi connectivity index (χ1n) is 16.4. The largest absolute Gasteiger partial charge is 0.375 e. The number of anilines is 1. The zero-order chi connectivity index (χ0) is 33.7. The molecule has 0 bridgehead atoms. The van der Waals surface area contributed by atoms with Gasteiger partial charge in [0.1, 0.15) is 11.5 Å². The quantitative estimate of drug-likeness (QED) is 0.0741. The van der Waals surface area contributed by atoms with Crippen molar-refractivity contribution in [3.63, 3.8) is 0 Å². The second-order valence-corrected chi connectivity index (χ2v) is 11.8. The van der Waals surface area contributed by atoms with Crippen molar-refractivity contribution in [2.45, 2.75) is 24.7 Å². The van der Waals surface area contributed by atoms with E-state index in [0.29, 0.717) is 12.3 Å². The predicted molar refractivity (Wildman–Crippen MR) is 196 cm³/mol. The molecule has 6 aromatic carbocycles. The first kappa shape index (κ1) is 33.1. The summed E-state index contributed by atoms with van der Waals surface area (Å²) >= 11 is 0. The van der Waals surface area contributed by atoms with Crippen molar-refractivity contribution in [2.75, 3.05) is 11.5 Å². The highest BCUT2D eigenvalue weighted by atomic mass is 16.5. The van der Waals surface area contributed by atoms with Crippen LogP contribution in [-0.4, -0.2) is 24.5 Å². The molecule has 1 atom stereocenters. The van der Waals surface area contributed by atoms with Crippen LogP contribution in [0.2, 0.25) is 0 Å². The zero-order valence-electron chi connectivity index (χ0n) is 27.2. The molecule has 0 fully saturated rings. The van der Waals surface area contributed by atoms with Gasteiger partial charge >= 0.3 is 0 Å². The smallest absolute Gasteiger partial charge is 0.267 e. The molecule has 0 unspecified atom stereocenters. The maximum atomic E-state index is 14.8. The molecule has 0 aliphatic carbocycles. The van der Waals surface area contributed by atoms with Crippen LogP contribution in [0.1, 0.15) is 27.8 Å². The minimum atomic E-state index is -0.968. The van der Waals surface area contributed by atoms with E-state index in [1.165, 1.54) is 0 Å². The van der Waals surface area contributed by atoms with Gasteiger partial charge in [0.15, 0.2) is 0 Å². The number of hydrogen-bond acceptors (Lipinski definition) is 4. The first-order valence-corrected chi connectivity index (χ1v) is 16.4. The van der Waals surface area contributed by atoms with Crippen molar-refractivity contribution in [3.05, 3.63) is 215 Å². The van der Waals surface area contributed by atoms with E-state index in [-0.39, 0.29) is 18.7 Å². The number of ether oxygens (including phenoxy) is 1. The molecule has 0 aliphatic rings. The number of nitrogens with zero attached hydrogens (tertiary/aromatic N) is 1. The molecule has 5 heteroatoms. The summed E-state index contributed by atoms with van der Waals surface area (Å²) in [6.07, 6.45) is 0. The Balaban J connectivity index is 1.47. The third-order valence-corrected chi connectivity index (χ3v) is 8.59. The van der Waals surface area contributed by atoms with Crippen LogP contribution in [0.15, 0.2) is 188 Å². The SMILES string of the molecule is O=C=C(C(=O)N(Cc1ccccc1)c1ccccc1)[C@H](COCc1ccccc1)NC(c1ccccc1)(c1ccccc1)c1ccccc1. The molecule has 0 saturated heterocycles. The second-order valence-electron chi connectivity index (χ2n) is 11.8. The number of hydrogen-bond donors (Lipinski definition) is 1. The van der Waals surface area contributed by atoms with Crippen molar-refractivity contribution < 1.29 is 14.3 Å². The second kappa shape index (κ2) is 16.3. The third-order valence-electron chi connectivity index (χ3n) is 8.59. The zero-order valence-corrected chi connectivity index (χ0v) is 27.2. The molecule has 49 heavy (non-hydrogen) atoms. The van der Waals surface area contributed by atoms with Crippen molar-refractivity contribution >= 4 is 17.5 Å². The van der Waals surface area contributed by atoms with Crippen LogP contribution in [0.25, 0.3) is 0 Å². The van der Waals surface area contributed by atoms with E-state index in [1.54, 1.807) is 4.90 Å². The minimum absolute atomic E-state index is 0.0351. The average molecular weight is 643 g/mol. The fraction of sp³-hybridized carbons (Fsp3) is 0.114. The number of amides is 1. The van der Waals surface area contributed by atoms with Crippen molar-refractivity contribution in [2.24, 2.45) is 0 Å². The Hall–Kier alpha value is -5.84. The molecule has 0 radical (unpaired) electrons. The Kier molecular flexibility index (Phi) is 11.0. The summed E-state index contributed by atoms with van der Waals surface area (Å²) in [6.45, 7) is 0.613. The molecule has 1 amide bonds. The van der Waals surface area contributed by atoms with Gasteiger partial charge in [0, 0.05) is 5.69 Å². The standard InChI is InChI=1S/C44H38N2O3/c47-32-41(43(48)46(40-29-17-6-18-30-40)31-35-19-7-1-8-20-35)42(34-49-33-36-21-9-2-10-22-36)45-44(37-23-11-3-12-24-37,38-25-13-4-14-26-38)39-27-15-5-16-28-39/h1-30,42,45H,31,33-34H2/t42-/m0/s1. The molecule has 0 heterocycles. The van der Waals surface area contributed by atoms with Gasteiger partial charge in [-0.2, -0.15) is 0 Å². The van der Waals surface area contributed by atoms with E-state index in [2.05, 4.69) is 47.7 Å². The number of rotatable bonds is 14. The highest BCUT2D eigenvalue weighted by Crippen LogP contribution is 2.38. The van der Waals surface area contributed by atoms with Gasteiger partial charge in [-0.05, 0) is 39.9 Å². The molecule has 6 rings (SSSR count). The van der Waals surface area contributed by atoms with Gasteiger partial charge in [-0.15, -0.1) is 0 Å². The lowest BCUT2D eigenvalue weighted by molar-refractivity contribution is -0.115. The summed E-state index contributed by atoms with van der Waals surface area (Å²) in [5, 5.41) is 3.83. The molecule has 0 aliphatic heterocycles. The van der Waals surface area contributed by atoms with Crippen LogP contribution >= 0.6 is 0 Å². The fourth-order valence-corrected chi connectivity index (χ4v) is 6.21. The van der Waals surface area contributed by atoms with E-state index < -0.39 is 17.5 Å². The Labute approximate surface area is 288 Å². The number of carbonyl (C=O) groups is 1. The van der Waals surface area contributed by atoms with Gasteiger partial charge in [-0.3, -0.25) is 10.1 Å². The lowest BCUT2D eigenvalue weighted by Gasteiger charge is -2.40. The van der Waals surface area contributed by atoms with Gasteiger partial charge in [-0.1, -0.05) is 170 Å². The van der Waals surface area contributed by atoms with Gasteiger partial charge in [0.25, 0.3) is 5.91 Å². The van der Waals surface area contributed by atoms with Crippen LogP contribution in [0, 0.1) is 0 Å². The monoisotopic (exact) mass is 642 g/mol. The summed E-state index contributed by atoms with van der Waals surface area (Å²) in [4.78, 5) is 29.6. The van der Waals surface area contributed by atoms with E-state index in [4.69, 9.17) is 4.74 Å². The number of benzene rings is 6.